The topological polar surface area (TPSA) is 178 Å². The predicted molar refractivity (Wildman–Crippen MR) is 212 cm³/mol. The summed E-state index contributed by atoms with van der Waals surface area (Å²) in [6, 6.07) is 8.48. The first-order valence-corrected chi connectivity index (χ1v) is 19.9. The zero-order valence-electron chi connectivity index (χ0n) is 32.4. The lowest BCUT2D eigenvalue weighted by Gasteiger charge is -2.38. The van der Waals surface area contributed by atoms with E-state index in [1.165, 1.54) is 0 Å². The van der Waals surface area contributed by atoms with Crippen LogP contribution in [0, 0.1) is 0 Å². The molecule has 1 atom stereocenters. The van der Waals surface area contributed by atoms with E-state index in [4.69, 9.17) is 15.0 Å². The van der Waals surface area contributed by atoms with Crippen molar-refractivity contribution >= 4 is 23.5 Å². The molecular weight excluding hydrogens is 692 g/mol. The third-order valence-corrected chi connectivity index (χ3v) is 10.9. The number of aliphatic hydroxyl groups is 5. The number of anilines is 4. The van der Waals surface area contributed by atoms with Crippen LogP contribution in [0.25, 0.3) is 0 Å². The average Bonchev–Trinajstić information content (AvgIpc) is 3.18. The summed E-state index contributed by atoms with van der Waals surface area (Å²) in [5, 5.41) is 52.4. The van der Waals surface area contributed by atoms with E-state index in [0.717, 1.165) is 116 Å². The molecule has 17 heteroatoms. The highest BCUT2D eigenvalue weighted by molar-refractivity contribution is 5.57. The molecule has 1 unspecified atom stereocenters. The van der Waals surface area contributed by atoms with Gasteiger partial charge in [-0.15, -0.1) is 0 Å². The van der Waals surface area contributed by atoms with E-state index in [2.05, 4.69) is 75.8 Å². The number of aromatic nitrogens is 3. The quantitative estimate of drug-likeness (QED) is 0.107. The number of nitrogens with zero attached hydrogens (tertiary/aromatic N) is 11. The van der Waals surface area contributed by atoms with Gasteiger partial charge in [-0.1, -0.05) is 12.1 Å². The van der Waals surface area contributed by atoms with E-state index in [0.29, 0.717) is 50.6 Å². The number of benzene rings is 1. The number of nitrogens with one attached hydrogen (secondary N) is 1. The van der Waals surface area contributed by atoms with Gasteiger partial charge in [0, 0.05) is 143 Å². The van der Waals surface area contributed by atoms with Crippen molar-refractivity contribution in [1.82, 2.24) is 44.4 Å². The summed E-state index contributed by atoms with van der Waals surface area (Å²) in [6.07, 6.45) is 0.758. The first kappa shape index (κ1) is 42.3. The third-order valence-electron chi connectivity index (χ3n) is 10.9. The Morgan fingerprint density at radius 2 is 0.981 bits per heavy atom. The Labute approximate surface area is 321 Å². The highest BCUT2D eigenvalue weighted by atomic mass is 16.3. The molecule has 0 bridgehead atoms. The molecule has 304 valence electrons. The summed E-state index contributed by atoms with van der Waals surface area (Å²) in [5.74, 6) is 1.86. The van der Waals surface area contributed by atoms with Crippen molar-refractivity contribution in [3.63, 3.8) is 0 Å². The Balaban J connectivity index is 1.33. The summed E-state index contributed by atoms with van der Waals surface area (Å²) in [5.41, 5.74) is 2.04. The number of hydrogen-bond donors (Lipinski definition) is 6. The average molecular weight is 759 g/mol. The second-order valence-electron chi connectivity index (χ2n) is 14.7. The van der Waals surface area contributed by atoms with E-state index in [9.17, 15) is 25.5 Å². The van der Waals surface area contributed by atoms with Crippen molar-refractivity contribution in [2.75, 3.05) is 186 Å². The lowest BCUT2D eigenvalue weighted by Crippen LogP contribution is -2.52. The van der Waals surface area contributed by atoms with Gasteiger partial charge < -0.3 is 45.5 Å². The van der Waals surface area contributed by atoms with Gasteiger partial charge in [0.1, 0.15) is 0 Å². The van der Waals surface area contributed by atoms with Crippen LogP contribution in [-0.4, -0.2) is 247 Å². The minimum Gasteiger partial charge on any atom is -0.395 e. The molecule has 3 saturated heterocycles. The van der Waals surface area contributed by atoms with E-state index in [1.54, 1.807) is 0 Å². The monoisotopic (exact) mass is 759 g/mol. The summed E-state index contributed by atoms with van der Waals surface area (Å²) < 4.78 is 0. The molecule has 54 heavy (non-hydrogen) atoms. The van der Waals surface area contributed by atoms with Crippen LogP contribution in [0.5, 0.6) is 0 Å². The highest BCUT2D eigenvalue weighted by Crippen LogP contribution is 2.23. The van der Waals surface area contributed by atoms with Crippen LogP contribution >= 0.6 is 0 Å². The summed E-state index contributed by atoms with van der Waals surface area (Å²) in [6.45, 7) is 15.6. The van der Waals surface area contributed by atoms with Gasteiger partial charge in [0.05, 0.1) is 33.0 Å². The smallest absolute Gasteiger partial charge is 0.233 e. The molecule has 0 spiro atoms. The van der Waals surface area contributed by atoms with Crippen molar-refractivity contribution in [2.45, 2.75) is 12.5 Å². The summed E-state index contributed by atoms with van der Waals surface area (Å²) in [7, 11) is 2.14. The maximum absolute atomic E-state index is 10.1. The fourth-order valence-corrected chi connectivity index (χ4v) is 7.57. The van der Waals surface area contributed by atoms with E-state index in [1.807, 2.05) is 0 Å². The lowest BCUT2D eigenvalue weighted by molar-refractivity contribution is 0.0699. The van der Waals surface area contributed by atoms with Gasteiger partial charge in [-0.25, -0.2) is 0 Å². The van der Waals surface area contributed by atoms with Crippen LogP contribution in [-0.2, 0) is 6.42 Å². The molecule has 1 aromatic heterocycles. The maximum Gasteiger partial charge on any atom is 0.233 e. The molecule has 2 aromatic rings. The van der Waals surface area contributed by atoms with E-state index in [-0.39, 0.29) is 39.1 Å². The maximum atomic E-state index is 10.1. The lowest BCUT2D eigenvalue weighted by atomic mass is 10.0. The SMILES string of the molecule is CN1CCN(c2nc(Nc3ccc(CC4CN(CCO)CCN(CCO)CCN(CCO)CCN4CCO)cc3)nc(N3CCN(CCO)CC3)n2)CC1. The third kappa shape index (κ3) is 13.2. The Kier molecular flexibility index (Phi) is 17.8. The van der Waals surface area contributed by atoms with Crippen molar-refractivity contribution in [2.24, 2.45) is 0 Å². The summed E-state index contributed by atoms with van der Waals surface area (Å²) >= 11 is 0. The van der Waals surface area contributed by atoms with Crippen molar-refractivity contribution in [3.05, 3.63) is 29.8 Å². The molecule has 0 radical (unpaired) electrons. The molecule has 5 rings (SSSR count). The first-order chi connectivity index (χ1) is 26.4. The minimum atomic E-state index is 0.0476. The zero-order valence-corrected chi connectivity index (χ0v) is 32.4. The van der Waals surface area contributed by atoms with Gasteiger partial charge in [-0.2, -0.15) is 15.0 Å². The predicted octanol–water partition coefficient (Wildman–Crippen LogP) is -2.42. The fourth-order valence-electron chi connectivity index (χ4n) is 7.57. The molecule has 17 nitrogen and oxygen atoms in total. The Hall–Kier alpha value is -2.81. The van der Waals surface area contributed by atoms with Gasteiger partial charge >= 0.3 is 0 Å². The van der Waals surface area contributed by atoms with Crippen LogP contribution in [0.4, 0.5) is 23.5 Å². The van der Waals surface area contributed by atoms with E-state index < -0.39 is 0 Å². The number of β-amino-alcohol motifs (C(OH)–C–C–N with tert-alkyl or cyclic N) is 5. The van der Waals surface area contributed by atoms with Crippen LogP contribution in [0.3, 0.4) is 0 Å². The molecule has 6 N–H and O–H groups in total. The van der Waals surface area contributed by atoms with Gasteiger partial charge in [0.2, 0.25) is 17.8 Å². The standard InChI is InChI=1S/C37H66N12O5/c1-42-6-15-48(16-7-42)36-39-35(40-37(41-36)49-18-13-45(14-19-49)22-27-52)38-33-4-2-32(3-5-33)30-34-31-46(23-28-53)11-10-43(20-25-50)8-9-44(21-26-51)12-17-47(34)24-29-54/h2-5,34,50-54H,6-31H2,1H3,(H,38,39,40,41). The van der Waals surface area contributed by atoms with Crippen LogP contribution < -0.4 is 15.1 Å². The Morgan fingerprint density at radius 1 is 0.537 bits per heavy atom. The van der Waals surface area contributed by atoms with E-state index >= 15 is 0 Å². The van der Waals surface area contributed by atoms with Crippen LogP contribution in [0.2, 0.25) is 0 Å². The molecule has 3 fully saturated rings. The van der Waals surface area contributed by atoms with Gasteiger partial charge in [0.15, 0.2) is 0 Å². The number of aliphatic hydroxyl groups excluding tert-OH is 5. The van der Waals surface area contributed by atoms with Crippen LogP contribution in [0.1, 0.15) is 5.56 Å². The molecule has 0 aliphatic carbocycles. The molecule has 0 amide bonds. The number of hydrogen-bond acceptors (Lipinski definition) is 17. The zero-order chi connectivity index (χ0) is 38.1. The molecule has 0 saturated carbocycles. The Bertz CT molecular complexity index is 1330. The summed E-state index contributed by atoms with van der Waals surface area (Å²) in [4.78, 5) is 32.9. The second kappa shape index (κ2) is 22.7. The number of rotatable bonds is 16. The van der Waals surface area contributed by atoms with Crippen LogP contribution in [0.15, 0.2) is 24.3 Å². The number of piperazine rings is 2. The Morgan fingerprint density at radius 3 is 1.50 bits per heavy atom. The van der Waals surface area contributed by atoms with Crippen molar-refractivity contribution in [1.29, 1.82) is 0 Å². The number of likely N-dealkylation sites (N-methyl/N-ethyl adjacent to an activating group) is 1. The fraction of sp³-hybridized carbons (Fsp3) is 0.757. The van der Waals surface area contributed by atoms with Gasteiger partial charge in [-0.05, 0) is 31.2 Å². The highest BCUT2D eigenvalue weighted by Gasteiger charge is 2.26. The molecule has 4 heterocycles. The molecule has 3 aliphatic heterocycles. The molecule has 1 aromatic carbocycles. The largest absolute Gasteiger partial charge is 0.395 e. The normalized spacial score (nSPS) is 21.6. The minimum absolute atomic E-state index is 0.0476. The second-order valence-corrected chi connectivity index (χ2v) is 14.7. The molecular formula is C37H66N12O5. The van der Waals surface area contributed by atoms with Crippen molar-refractivity contribution < 1.29 is 25.5 Å². The first-order valence-electron chi connectivity index (χ1n) is 19.9. The van der Waals surface area contributed by atoms with Gasteiger partial charge in [0.25, 0.3) is 0 Å². The molecule has 3 aliphatic rings. The van der Waals surface area contributed by atoms with Crippen molar-refractivity contribution in [3.8, 4) is 0 Å². The van der Waals surface area contributed by atoms with Gasteiger partial charge in [-0.3, -0.25) is 24.5 Å².